The zero-order chi connectivity index (χ0) is 20.0. The molecule has 0 aliphatic carbocycles. The van der Waals surface area contributed by atoms with Crippen LogP contribution in [-0.2, 0) is 14.8 Å². The van der Waals surface area contributed by atoms with Gasteiger partial charge in [-0.3, -0.25) is 9.69 Å². The van der Waals surface area contributed by atoms with Gasteiger partial charge in [0.2, 0.25) is 10.0 Å². The Morgan fingerprint density at radius 1 is 1.10 bits per heavy atom. The van der Waals surface area contributed by atoms with E-state index in [0.29, 0.717) is 19.6 Å². The van der Waals surface area contributed by atoms with Crippen LogP contribution in [0.15, 0.2) is 23.1 Å². The lowest BCUT2D eigenvalue weighted by molar-refractivity contribution is 0.0374. The van der Waals surface area contributed by atoms with E-state index in [9.17, 15) is 13.2 Å². The maximum Gasteiger partial charge on any atom is 0.252 e. The highest BCUT2D eigenvalue weighted by Crippen LogP contribution is 2.25. The highest BCUT2D eigenvalue weighted by molar-refractivity contribution is 7.89. The highest BCUT2D eigenvalue weighted by Gasteiger charge is 2.27. The maximum atomic E-state index is 12.8. The molecule has 2 heterocycles. The number of carbonyl (C=O) groups is 1. The van der Waals surface area contributed by atoms with E-state index < -0.39 is 10.0 Å². The van der Waals surface area contributed by atoms with Gasteiger partial charge in [-0.2, -0.15) is 4.31 Å². The number of sulfonamides is 1. The zero-order valence-electron chi connectivity index (χ0n) is 16.4. The molecule has 0 bridgehead atoms. The molecule has 1 N–H and O–H groups in total. The molecule has 2 aliphatic heterocycles. The fourth-order valence-electron chi connectivity index (χ4n) is 3.52. The Hall–Kier alpha value is -0.900. The lowest BCUT2D eigenvalue weighted by Crippen LogP contribution is -2.38. The molecule has 1 amide bonds. The monoisotopic (exact) mass is 465 g/mol. The number of nitrogens with zero attached hydrogens (tertiary/aromatic N) is 2. The van der Waals surface area contributed by atoms with Gasteiger partial charge in [0.15, 0.2) is 0 Å². The smallest absolute Gasteiger partial charge is 0.252 e. The van der Waals surface area contributed by atoms with Gasteiger partial charge in [0.05, 0.1) is 28.7 Å². The number of rotatable bonds is 7. The van der Waals surface area contributed by atoms with Crippen molar-refractivity contribution in [1.29, 1.82) is 0 Å². The van der Waals surface area contributed by atoms with E-state index in [0.717, 1.165) is 58.5 Å². The SMILES string of the molecule is Cl.O=C(NCCCN1CCOCC1)c1cc(S(=O)(=O)N2CCCCC2)ccc1Cl. The van der Waals surface area contributed by atoms with Crippen molar-refractivity contribution in [3.8, 4) is 0 Å². The summed E-state index contributed by atoms with van der Waals surface area (Å²) in [5.74, 6) is -0.345. The Morgan fingerprint density at radius 3 is 2.48 bits per heavy atom. The summed E-state index contributed by atoms with van der Waals surface area (Å²) in [7, 11) is -3.60. The summed E-state index contributed by atoms with van der Waals surface area (Å²) in [4.78, 5) is 15.0. The van der Waals surface area contributed by atoms with E-state index in [1.807, 2.05) is 0 Å². The minimum Gasteiger partial charge on any atom is -0.379 e. The highest BCUT2D eigenvalue weighted by atomic mass is 35.5. The molecule has 0 unspecified atom stereocenters. The first-order valence-corrected chi connectivity index (χ1v) is 11.7. The van der Waals surface area contributed by atoms with Crippen molar-refractivity contribution >= 4 is 39.9 Å². The van der Waals surface area contributed by atoms with Crippen LogP contribution in [0.4, 0.5) is 0 Å². The summed E-state index contributed by atoms with van der Waals surface area (Å²) in [6.07, 6.45) is 3.59. The first-order valence-electron chi connectivity index (χ1n) is 9.86. The third-order valence-corrected chi connectivity index (χ3v) is 7.40. The minimum absolute atomic E-state index is 0. The summed E-state index contributed by atoms with van der Waals surface area (Å²) < 4.78 is 32.5. The van der Waals surface area contributed by atoms with Crippen LogP contribution in [0, 0.1) is 0 Å². The van der Waals surface area contributed by atoms with Gasteiger partial charge in [0.25, 0.3) is 5.91 Å². The van der Waals surface area contributed by atoms with E-state index in [1.54, 1.807) is 0 Å². The van der Waals surface area contributed by atoms with Gasteiger partial charge in [-0.1, -0.05) is 18.0 Å². The Bertz CT molecular complexity index is 780. The second-order valence-electron chi connectivity index (χ2n) is 7.17. The second kappa shape index (κ2) is 11.5. The summed E-state index contributed by atoms with van der Waals surface area (Å²) in [5.41, 5.74) is 0.200. The van der Waals surface area contributed by atoms with E-state index in [4.69, 9.17) is 16.3 Å². The number of piperidine rings is 1. The molecule has 2 fully saturated rings. The molecule has 0 radical (unpaired) electrons. The van der Waals surface area contributed by atoms with Gasteiger partial charge in [-0.15, -0.1) is 12.4 Å². The summed E-state index contributed by atoms with van der Waals surface area (Å²) in [5, 5.41) is 3.10. The molecule has 0 spiro atoms. The van der Waals surface area contributed by atoms with Crippen molar-refractivity contribution in [2.75, 3.05) is 52.5 Å². The molecule has 0 atom stereocenters. The van der Waals surface area contributed by atoms with Gasteiger partial charge in [-0.25, -0.2) is 8.42 Å². The summed E-state index contributed by atoms with van der Waals surface area (Å²) >= 11 is 6.17. The first-order chi connectivity index (χ1) is 13.5. The van der Waals surface area contributed by atoms with Crippen LogP contribution in [0.25, 0.3) is 0 Å². The third-order valence-electron chi connectivity index (χ3n) is 5.18. The Kier molecular flexibility index (Phi) is 9.65. The van der Waals surface area contributed by atoms with Gasteiger partial charge >= 0.3 is 0 Å². The molecule has 2 aliphatic rings. The molecule has 0 aromatic heterocycles. The molecule has 1 aromatic rings. The van der Waals surface area contributed by atoms with E-state index in [2.05, 4.69) is 10.2 Å². The quantitative estimate of drug-likeness (QED) is 0.625. The molecule has 7 nitrogen and oxygen atoms in total. The minimum atomic E-state index is -3.60. The fraction of sp³-hybridized carbons (Fsp3) is 0.632. The van der Waals surface area contributed by atoms with Crippen LogP contribution >= 0.6 is 24.0 Å². The number of morpholine rings is 1. The third kappa shape index (κ3) is 6.54. The van der Waals surface area contributed by atoms with Gasteiger partial charge in [0, 0.05) is 32.7 Å². The molecule has 29 heavy (non-hydrogen) atoms. The number of carbonyl (C=O) groups excluding carboxylic acids is 1. The van der Waals surface area contributed by atoms with Crippen molar-refractivity contribution in [2.45, 2.75) is 30.6 Å². The van der Waals surface area contributed by atoms with Crippen LogP contribution in [0.5, 0.6) is 0 Å². The number of ether oxygens (including phenoxy) is 1. The molecular formula is C19H29Cl2N3O4S. The van der Waals surface area contributed by atoms with Crippen molar-refractivity contribution in [3.63, 3.8) is 0 Å². The maximum absolute atomic E-state index is 12.8. The first kappa shape index (κ1) is 24.4. The topological polar surface area (TPSA) is 79.0 Å². The predicted octanol–water partition coefficient (Wildman–Crippen LogP) is 2.39. The number of hydrogen-bond donors (Lipinski definition) is 1. The van der Waals surface area contributed by atoms with E-state index in [1.165, 1.54) is 22.5 Å². The van der Waals surface area contributed by atoms with Crippen LogP contribution < -0.4 is 5.32 Å². The summed E-state index contributed by atoms with van der Waals surface area (Å²) in [6.45, 7) is 5.77. The predicted molar refractivity (Wildman–Crippen MR) is 116 cm³/mol. The van der Waals surface area contributed by atoms with Crippen molar-refractivity contribution < 1.29 is 17.9 Å². The van der Waals surface area contributed by atoms with Gasteiger partial charge in [0.1, 0.15) is 0 Å². The molecule has 164 valence electrons. The molecule has 3 rings (SSSR count). The molecule has 1 aromatic carbocycles. The lowest BCUT2D eigenvalue weighted by atomic mass is 10.2. The number of hydrogen-bond acceptors (Lipinski definition) is 5. The Morgan fingerprint density at radius 2 is 1.79 bits per heavy atom. The fourth-order valence-corrected chi connectivity index (χ4v) is 5.26. The second-order valence-corrected chi connectivity index (χ2v) is 9.52. The van der Waals surface area contributed by atoms with Crippen LogP contribution in [0.3, 0.4) is 0 Å². The normalized spacial score (nSPS) is 18.8. The molecule has 10 heteroatoms. The number of amides is 1. The van der Waals surface area contributed by atoms with Crippen LogP contribution in [-0.4, -0.2) is 76.0 Å². The van der Waals surface area contributed by atoms with E-state index >= 15 is 0 Å². The molecular weight excluding hydrogens is 437 g/mol. The molecule has 0 saturated carbocycles. The average Bonchev–Trinajstić information content (AvgIpc) is 2.72. The lowest BCUT2D eigenvalue weighted by Gasteiger charge is -2.26. The largest absolute Gasteiger partial charge is 0.379 e. The van der Waals surface area contributed by atoms with Crippen molar-refractivity contribution in [3.05, 3.63) is 28.8 Å². The number of benzene rings is 1. The van der Waals surface area contributed by atoms with Gasteiger partial charge in [-0.05, 0) is 44.0 Å². The van der Waals surface area contributed by atoms with E-state index in [-0.39, 0.29) is 33.8 Å². The van der Waals surface area contributed by atoms with Crippen molar-refractivity contribution in [2.24, 2.45) is 0 Å². The van der Waals surface area contributed by atoms with Crippen LogP contribution in [0.2, 0.25) is 5.02 Å². The zero-order valence-corrected chi connectivity index (χ0v) is 18.8. The standard InChI is InChI=1S/C19H28ClN3O4S.ClH/c20-18-6-5-16(28(25,26)23-9-2-1-3-10-23)15-17(18)19(24)21-7-4-8-22-11-13-27-14-12-22;/h5-6,15H,1-4,7-14H2,(H,21,24);1H. The van der Waals surface area contributed by atoms with Crippen LogP contribution in [0.1, 0.15) is 36.0 Å². The average molecular weight is 466 g/mol. The Balaban J connectivity index is 0.00000300. The number of halogens is 2. The Labute approximate surface area is 184 Å². The summed E-state index contributed by atoms with van der Waals surface area (Å²) in [6, 6.07) is 4.35. The number of nitrogens with one attached hydrogen (secondary N) is 1. The van der Waals surface area contributed by atoms with Gasteiger partial charge < -0.3 is 10.1 Å². The molecule has 2 saturated heterocycles. The van der Waals surface area contributed by atoms with Crippen molar-refractivity contribution in [1.82, 2.24) is 14.5 Å².